The standard InChI is InChI=1S/3C20H18Cl2N2O3.3CH4/c3*1-3-24-10-9-17(23-24)16-12-15(22)7-8-18(16)27-20(2,19(25)26)13-5-4-6-14(21)11-13;;;/h3*4-12H,3H2,1-2H3,(H,25,26);3*1H4. The normalized spacial score (nSPS) is 12.7. The van der Waals surface area contributed by atoms with Gasteiger partial charge < -0.3 is 29.5 Å². The van der Waals surface area contributed by atoms with E-state index in [-0.39, 0.29) is 22.3 Å². The molecule has 3 N–H and O–H groups in total. The lowest BCUT2D eigenvalue weighted by molar-refractivity contribution is -0.155. The van der Waals surface area contributed by atoms with Crippen LogP contribution in [0, 0.1) is 0 Å². The number of carboxylic acids is 3. The van der Waals surface area contributed by atoms with E-state index in [0.29, 0.717) is 117 Å². The van der Waals surface area contributed by atoms with Crippen LogP contribution in [0.1, 0.15) is 80.5 Å². The van der Waals surface area contributed by atoms with Gasteiger partial charge in [0.05, 0.1) is 17.1 Å². The van der Waals surface area contributed by atoms with Crippen molar-refractivity contribution in [1.82, 2.24) is 29.3 Å². The number of ether oxygens (including phenoxy) is 3. The van der Waals surface area contributed by atoms with E-state index in [9.17, 15) is 29.7 Å². The first-order valence-electron chi connectivity index (χ1n) is 25.1. The second kappa shape index (κ2) is 29.8. The minimum absolute atomic E-state index is 0. The molecule has 6 aromatic carbocycles. The van der Waals surface area contributed by atoms with Crippen LogP contribution in [0.3, 0.4) is 0 Å². The number of carbonyl (C=O) groups is 3. The van der Waals surface area contributed by atoms with Gasteiger partial charge >= 0.3 is 17.9 Å². The summed E-state index contributed by atoms with van der Waals surface area (Å²) in [5.41, 5.74) is 0.169. The zero-order valence-corrected chi connectivity index (χ0v) is 49.0. The topological polar surface area (TPSA) is 193 Å². The average Bonchev–Trinajstić information content (AvgIpc) is 2.89. The molecule has 0 saturated carbocycles. The Kier molecular flexibility index (Phi) is 24.5. The van der Waals surface area contributed by atoms with Crippen LogP contribution in [0.4, 0.5) is 0 Å². The number of aromatic nitrogens is 6. The average molecular weight is 1260 g/mol. The fraction of sp³-hybridized carbons (Fsp3) is 0.238. The van der Waals surface area contributed by atoms with Gasteiger partial charge in [-0.05, 0) is 151 Å². The fourth-order valence-corrected chi connectivity index (χ4v) is 9.20. The molecule has 0 aliphatic heterocycles. The zero-order chi connectivity index (χ0) is 58.8. The smallest absolute Gasteiger partial charge is 0.352 e. The van der Waals surface area contributed by atoms with E-state index in [4.69, 9.17) is 83.8 Å². The summed E-state index contributed by atoms with van der Waals surface area (Å²) in [6, 6.07) is 40.4. The zero-order valence-electron chi connectivity index (χ0n) is 44.5. The largest absolute Gasteiger partial charge is 0.478 e. The Morgan fingerprint density at radius 3 is 0.833 bits per heavy atom. The summed E-state index contributed by atoms with van der Waals surface area (Å²) in [6.07, 6.45) is 5.52. The number of hydrogen-bond acceptors (Lipinski definition) is 9. The molecule has 3 heterocycles. The Morgan fingerprint density at radius 1 is 0.393 bits per heavy atom. The summed E-state index contributed by atoms with van der Waals surface area (Å²) in [5, 5.41) is 45.9. The molecule has 3 atom stereocenters. The number of rotatable bonds is 18. The molecule has 15 nitrogen and oxygen atoms in total. The lowest BCUT2D eigenvalue weighted by atomic mass is 9.95. The third kappa shape index (κ3) is 16.2. The van der Waals surface area contributed by atoms with Crippen LogP contribution in [0.25, 0.3) is 33.8 Å². The van der Waals surface area contributed by atoms with Crippen molar-refractivity contribution in [2.24, 2.45) is 0 Å². The molecule has 0 aliphatic carbocycles. The van der Waals surface area contributed by atoms with Crippen molar-refractivity contribution >= 4 is 87.5 Å². The fourth-order valence-electron chi connectivity index (χ4n) is 8.11. The quantitative estimate of drug-likeness (QED) is 0.0737. The predicted molar refractivity (Wildman–Crippen MR) is 336 cm³/mol. The summed E-state index contributed by atoms with van der Waals surface area (Å²) in [5.74, 6) is -2.30. The molecular formula is C63H66Cl6N6O9. The number of aryl methyl sites for hydroxylation is 3. The highest BCUT2D eigenvalue weighted by molar-refractivity contribution is 6.32. The number of benzene rings is 6. The van der Waals surface area contributed by atoms with Crippen LogP contribution in [-0.4, -0.2) is 62.6 Å². The number of hydrogen-bond donors (Lipinski definition) is 3. The molecule has 3 unspecified atom stereocenters. The molecule has 0 saturated heterocycles. The van der Waals surface area contributed by atoms with Gasteiger partial charge in [-0.3, -0.25) is 14.0 Å². The van der Waals surface area contributed by atoms with Gasteiger partial charge in [0, 0.05) is 102 Å². The summed E-state index contributed by atoms with van der Waals surface area (Å²) in [7, 11) is 0. The van der Waals surface area contributed by atoms with Crippen molar-refractivity contribution in [1.29, 1.82) is 0 Å². The highest BCUT2D eigenvalue weighted by Gasteiger charge is 2.41. The lowest BCUT2D eigenvalue weighted by Gasteiger charge is -2.28. The Balaban J connectivity index is 0.000000266. The van der Waals surface area contributed by atoms with Gasteiger partial charge in [-0.1, -0.05) is 128 Å². The monoisotopic (exact) mass is 1260 g/mol. The number of nitrogens with zero attached hydrogens (tertiary/aromatic N) is 6. The Bertz CT molecular complexity index is 3340. The molecule has 0 fully saturated rings. The third-order valence-corrected chi connectivity index (χ3v) is 14.3. The molecule has 0 spiro atoms. The molecule has 9 aromatic rings. The van der Waals surface area contributed by atoms with Crippen molar-refractivity contribution in [3.05, 3.63) is 211 Å². The summed E-state index contributed by atoms with van der Waals surface area (Å²) in [6.45, 7) is 12.6. The lowest BCUT2D eigenvalue weighted by Crippen LogP contribution is -2.38. The van der Waals surface area contributed by atoms with Crippen molar-refractivity contribution < 1.29 is 43.9 Å². The molecule has 0 bridgehead atoms. The Morgan fingerprint density at radius 2 is 0.631 bits per heavy atom. The number of halogens is 6. The molecule has 0 radical (unpaired) electrons. The van der Waals surface area contributed by atoms with Crippen LogP contribution in [-0.2, 0) is 50.8 Å². The maximum Gasteiger partial charge on any atom is 0.352 e. The molecule has 3 aromatic heterocycles. The Hall–Kier alpha value is -7.50. The van der Waals surface area contributed by atoms with Gasteiger partial charge in [0.2, 0.25) is 16.8 Å². The highest BCUT2D eigenvalue weighted by Crippen LogP contribution is 2.41. The van der Waals surface area contributed by atoms with Crippen LogP contribution >= 0.6 is 69.6 Å². The maximum atomic E-state index is 12.1. The van der Waals surface area contributed by atoms with Crippen LogP contribution in [0.2, 0.25) is 30.1 Å². The predicted octanol–water partition coefficient (Wildman–Crippen LogP) is 17.7. The van der Waals surface area contributed by atoms with Gasteiger partial charge in [-0.15, -0.1) is 0 Å². The van der Waals surface area contributed by atoms with E-state index >= 15 is 0 Å². The second-order valence-corrected chi connectivity index (χ2v) is 21.1. The highest BCUT2D eigenvalue weighted by atomic mass is 35.5. The molecule has 444 valence electrons. The molecule has 84 heavy (non-hydrogen) atoms. The van der Waals surface area contributed by atoms with E-state index in [0.717, 1.165) is 0 Å². The SMILES string of the molecule is C.C.C.CCn1ccc(-c2cc(Cl)ccc2OC(C)(C(=O)O)c2cccc(Cl)c2)n1.CCn1ccc(-c2cc(Cl)ccc2OC(C)(C(=O)O)c2cccc(Cl)c2)n1.CCn1ccc(-c2cc(Cl)ccc2OC(C)(C(=O)O)c2cccc(Cl)c2)n1. The van der Waals surface area contributed by atoms with E-state index < -0.39 is 34.7 Å². The van der Waals surface area contributed by atoms with Crippen molar-refractivity contribution in [3.63, 3.8) is 0 Å². The molecule has 21 heteroatoms. The molecule has 0 aliphatic rings. The van der Waals surface area contributed by atoms with Gasteiger partial charge in [-0.2, -0.15) is 15.3 Å². The summed E-state index contributed by atoms with van der Waals surface area (Å²) >= 11 is 36.6. The van der Waals surface area contributed by atoms with Crippen molar-refractivity contribution in [3.8, 4) is 51.0 Å². The van der Waals surface area contributed by atoms with Gasteiger partial charge in [0.25, 0.3) is 0 Å². The first-order valence-corrected chi connectivity index (χ1v) is 27.3. The van der Waals surface area contributed by atoms with Crippen LogP contribution < -0.4 is 14.2 Å². The number of aliphatic carboxylic acids is 3. The van der Waals surface area contributed by atoms with Gasteiger partial charge in [0.15, 0.2) is 0 Å². The Labute approximate surface area is 519 Å². The first-order chi connectivity index (χ1) is 38.5. The molecule has 0 amide bonds. The first kappa shape index (κ1) is 69.0. The van der Waals surface area contributed by atoms with Crippen LogP contribution in [0.15, 0.2) is 164 Å². The second-order valence-electron chi connectivity index (χ2n) is 18.4. The van der Waals surface area contributed by atoms with E-state index in [1.54, 1.807) is 141 Å². The van der Waals surface area contributed by atoms with Crippen molar-refractivity contribution in [2.45, 2.75) is 100 Å². The van der Waals surface area contributed by atoms with Crippen molar-refractivity contribution in [2.75, 3.05) is 0 Å². The number of carboxylic acid groups (broad SMARTS) is 3. The van der Waals surface area contributed by atoms with Crippen LogP contribution in [0.5, 0.6) is 17.2 Å². The molecular weight excluding hydrogens is 1200 g/mol. The van der Waals surface area contributed by atoms with Gasteiger partial charge in [-0.25, -0.2) is 14.4 Å². The minimum Gasteiger partial charge on any atom is -0.478 e. The van der Waals surface area contributed by atoms with E-state index in [1.165, 1.54) is 20.8 Å². The molecule has 9 rings (SSSR count). The minimum atomic E-state index is -1.64. The van der Waals surface area contributed by atoms with E-state index in [2.05, 4.69) is 15.3 Å². The summed E-state index contributed by atoms with van der Waals surface area (Å²) in [4.78, 5) is 36.3. The van der Waals surface area contributed by atoms with Gasteiger partial charge in [0.1, 0.15) is 17.2 Å². The van der Waals surface area contributed by atoms with E-state index in [1.807, 2.05) is 57.6 Å². The maximum absolute atomic E-state index is 12.1. The summed E-state index contributed by atoms with van der Waals surface area (Å²) < 4.78 is 23.4. The third-order valence-electron chi connectivity index (χ3n) is 12.8.